The number of nitrogens with zero attached hydrogens (tertiary/aromatic N) is 2. The largest absolute Gasteiger partial charge is 0.339 e. The molecule has 4 nitrogen and oxygen atoms in total. The van der Waals surface area contributed by atoms with Gasteiger partial charge in [0, 0.05) is 32.2 Å². The third-order valence-electron chi connectivity index (χ3n) is 5.90. The van der Waals surface area contributed by atoms with Crippen molar-refractivity contribution in [1.29, 1.82) is 0 Å². The van der Waals surface area contributed by atoms with Gasteiger partial charge in [0.25, 0.3) is 0 Å². The van der Waals surface area contributed by atoms with E-state index < -0.39 is 0 Å². The highest BCUT2D eigenvalue weighted by atomic mass is 35.5. The fourth-order valence-corrected chi connectivity index (χ4v) is 4.44. The summed E-state index contributed by atoms with van der Waals surface area (Å²) in [7, 11) is 0. The molecule has 33 heavy (non-hydrogen) atoms. The van der Waals surface area contributed by atoms with Crippen molar-refractivity contribution in [3.63, 3.8) is 0 Å². The van der Waals surface area contributed by atoms with E-state index in [1.165, 1.54) is 24.3 Å². The van der Waals surface area contributed by atoms with Gasteiger partial charge in [-0.1, -0.05) is 52.0 Å². The van der Waals surface area contributed by atoms with Gasteiger partial charge in [-0.15, -0.1) is 12.4 Å². The SMILES string of the molecule is CC(C)C[C@H](NC(C)C)C(=O)N1CCN(C(c2ccc(F)cc2)c2ccc(F)cc2)CC1.Cl. The summed E-state index contributed by atoms with van der Waals surface area (Å²) in [5, 5.41) is 3.43. The van der Waals surface area contributed by atoms with Crippen LogP contribution >= 0.6 is 12.4 Å². The minimum Gasteiger partial charge on any atom is -0.339 e. The van der Waals surface area contributed by atoms with Crippen molar-refractivity contribution in [3.05, 3.63) is 71.3 Å². The molecule has 0 unspecified atom stereocenters. The van der Waals surface area contributed by atoms with Gasteiger partial charge < -0.3 is 10.2 Å². The standard InChI is InChI=1S/C26H35F2N3O.ClH/c1-18(2)17-24(29-19(3)4)26(32)31-15-13-30(14-16-31)25(20-5-9-22(27)10-6-20)21-7-11-23(28)12-8-21;/h5-12,18-19,24-25,29H,13-17H2,1-4H3;1H/t24-;/m0./s1. The van der Waals surface area contributed by atoms with Crippen molar-refractivity contribution in [2.45, 2.75) is 52.2 Å². The van der Waals surface area contributed by atoms with Crippen LogP contribution in [0.15, 0.2) is 48.5 Å². The van der Waals surface area contributed by atoms with Crippen molar-refractivity contribution in [1.82, 2.24) is 15.1 Å². The number of halogens is 3. The number of nitrogens with one attached hydrogen (secondary N) is 1. The molecule has 0 aromatic heterocycles. The first-order chi connectivity index (χ1) is 15.2. The average Bonchev–Trinajstić information content (AvgIpc) is 2.75. The van der Waals surface area contributed by atoms with Crippen LogP contribution in [0.3, 0.4) is 0 Å². The van der Waals surface area contributed by atoms with E-state index in [2.05, 4.69) is 37.9 Å². The molecule has 2 aromatic rings. The predicted molar refractivity (Wildman–Crippen MR) is 132 cm³/mol. The van der Waals surface area contributed by atoms with E-state index in [0.29, 0.717) is 32.1 Å². The third kappa shape index (κ3) is 7.49. The van der Waals surface area contributed by atoms with Gasteiger partial charge in [-0.3, -0.25) is 9.69 Å². The zero-order chi connectivity index (χ0) is 23.3. The van der Waals surface area contributed by atoms with Crippen molar-refractivity contribution < 1.29 is 13.6 Å². The van der Waals surface area contributed by atoms with Gasteiger partial charge in [0.1, 0.15) is 11.6 Å². The lowest BCUT2D eigenvalue weighted by Gasteiger charge is -2.41. The van der Waals surface area contributed by atoms with Gasteiger partial charge in [0.2, 0.25) is 5.91 Å². The highest BCUT2D eigenvalue weighted by Gasteiger charge is 2.31. The summed E-state index contributed by atoms with van der Waals surface area (Å²) in [6.45, 7) is 11.1. The maximum atomic E-state index is 13.5. The molecule has 3 rings (SSSR count). The Labute approximate surface area is 202 Å². The fourth-order valence-electron chi connectivity index (χ4n) is 4.44. The molecule has 0 spiro atoms. The maximum Gasteiger partial charge on any atom is 0.239 e. The van der Waals surface area contributed by atoms with Crippen LogP contribution < -0.4 is 5.32 Å². The predicted octanol–water partition coefficient (Wildman–Crippen LogP) is 5.03. The number of hydrogen-bond acceptors (Lipinski definition) is 3. The second-order valence-electron chi connectivity index (χ2n) is 9.37. The van der Waals surface area contributed by atoms with Crippen LogP contribution in [0.5, 0.6) is 0 Å². The molecular formula is C26H36ClF2N3O. The molecule has 1 fully saturated rings. The Kier molecular flexibility index (Phi) is 10.3. The van der Waals surface area contributed by atoms with Crippen LogP contribution in [-0.4, -0.2) is 54.0 Å². The molecule has 7 heteroatoms. The molecule has 182 valence electrons. The van der Waals surface area contributed by atoms with E-state index in [-0.39, 0.29) is 48.1 Å². The van der Waals surface area contributed by atoms with E-state index in [1.54, 1.807) is 24.3 Å². The normalized spacial score (nSPS) is 15.7. The first-order valence-corrected chi connectivity index (χ1v) is 11.5. The van der Waals surface area contributed by atoms with E-state index in [4.69, 9.17) is 0 Å². The summed E-state index contributed by atoms with van der Waals surface area (Å²) >= 11 is 0. The molecule has 0 bridgehead atoms. The summed E-state index contributed by atoms with van der Waals surface area (Å²) in [6, 6.07) is 12.9. The van der Waals surface area contributed by atoms with Crippen LogP contribution in [0.2, 0.25) is 0 Å². The lowest BCUT2D eigenvalue weighted by Crippen LogP contribution is -2.55. The molecular weight excluding hydrogens is 444 g/mol. The summed E-state index contributed by atoms with van der Waals surface area (Å²) in [5.74, 6) is 0.0247. The van der Waals surface area contributed by atoms with Crippen LogP contribution in [0.4, 0.5) is 8.78 Å². The molecule has 1 saturated heterocycles. The van der Waals surface area contributed by atoms with Crippen molar-refractivity contribution in [3.8, 4) is 0 Å². The number of hydrogen-bond donors (Lipinski definition) is 1. The van der Waals surface area contributed by atoms with E-state index in [1.807, 2.05) is 4.90 Å². The molecule has 1 heterocycles. The molecule has 1 aliphatic rings. The number of piperazine rings is 1. The van der Waals surface area contributed by atoms with Crippen LogP contribution in [0.1, 0.15) is 51.3 Å². The molecule has 1 aliphatic heterocycles. The fraction of sp³-hybridized carbons (Fsp3) is 0.500. The van der Waals surface area contributed by atoms with Gasteiger partial charge in [-0.2, -0.15) is 0 Å². The topological polar surface area (TPSA) is 35.6 Å². The Morgan fingerprint density at radius 1 is 0.848 bits per heavy atom. The molecule has 1 atom stereocenters. The quantitative estimate of drug-likeness (QED) is 0.576. The van der Waals surface area contributed by atoms with Gasteiger partial charge >= 0.3 is 0 Å². The highest BCUT2D eigenvalue weighted by molar-refractivity contribution is 5.85. The molecule has 0 aliphatic carbocycles. The second-order valence-corrected chi connectivity index (χ2v) is 9.37. The summed E-state index contributed by atoms with van der Waals surface area (Å²) in [6.07, 6.45) is 0.811. The van der Waals surface area contributed by atoms with E-state index in [9.17, 15) is 13.6 Å². The van der Waals surface area contributed by atoms with Crippen LogP contribution in [0, 0.1) is 17.6 Å². The van der Waals surface area contributed by atoms with E-state index >= 15 is 0 Å². The van der Waals surface area contributed by atoms with Crippen molar-refractivity contribution >= 4 is 18.3 Å². The van der Waals surface area contributed by atoms with Crippen LogP contribution in [0.25, 0.3) is 0 Å². The van der Waals surface area contributed by atoms with Gasteiger partial charge in [0.05, 0.1) is 12.1 Å². The Bertz CT molecular complexity index is 811. The van der Waals surface area contributed by atoms with Gasteiger partial charge in [0.15, 0.2) is 0 Å². The zero-order valence-corrected chi connectivity index (χ0v) is 20.7. The van der Waals surface area contributed by atoms with Gasteiger partial charge in [-0.05, 0) is 47.7 Å². The Morgan fingerprint density at radius 3 is 1.70 bits per heavy atom. The molecule has 2 aromatic carbocycles. The molecule has 0 saturated carbocycles. The van der Waals surface area contributed by atoms with E-state index in [0.717, 1.165) is 17.5 Å². The highest BCUT2D eigenvalue weighted by Crippen LogP contribution is 2.30. The first kappa shape index (κ1) is 27.2. The smallest absolute Gasteiger partial charge is 0.239 e. The van der Waals surface area contributed by atoms with Crippen LogP contribution in [-0.2, 0) is 4.79 Å². The Morgan fingerprint density at radius 2 is 1.30 bits per heavy atom. The first-order valence-electron chi connectivity index (χ1n) is 11.5. The summed E-state index contributed by atoms with van der Waals surface area (Å²) in [4.78, 5) is 17.5. The molecule has 1 amide bonds. The average molecular weight is 480 g/mol. The number of amides is 1. The minimum atomic E-state index is -0.282. The lowest BCUT2D eigenvalue weighted by molar-refractivity contribution is -0.136. The number of carbonyl (C=O) groups is 1. The number of carbonyl (C=O) groups excluding carboxylic acids is 1. The summed E-state index contributed by atoms with van der Waals surface area (Å²) in [5.41, 5.74) is 1.91. The zero-order valence-electron chi connectivity index (χ0n) is 19.9. The van der Waals surface area contributed by atoms with Gasteiger partial charge in [-0.25, -0.2) is 8.78 Å². The number of benzene rings is 2. The maximum absolute atomic E-state index is 13.5. The molecule has 0 radical (unpaired) electrons. The molecule has 1 N–H and O–H groups in total. The Hall–Kier alpha value is -2.02. The van der Waals surface area contributed by atoms with Crippen molar-refractivity contribution in [2.75, 3.05) is 26.2 Å². The third-order valence-corrected chi connectivity index (χ3v) is 5.90. The summed E-state index contributed by atoms with van der Waals surface area (Å²) < 4.78 is 27.1. The van der Waals surface area contributed by atoms with Crippen molar-refractivity contribution in [2.24, 2.45) is 5.92 Å². The lowest BCUT2D eigenvalue weighted by atomic mass is 9.96. The Balaban J connectivity index is 0.00000385. The monoisotopic (exact) mass is 479 g/mol. The minimum absolute atomic E-state index is 0. The second kappa shape index (κ2) is 12.4. The number of rotatable bonds is 8.